The van der Waals surface area contributed by atoms with Crippen molar-refractivity contribution in [1.29, 1.82) is 0 Å². The van der Waals surface area contributed by atoms with E-state index in [4.69, 9.17) is 10.6 Å². The monoisotopic (exact) mass is 302 g/mol. The summed E-state index contributed by atoms with van der Waals surface area (Å²) in [5.41, 5.74) is 3.63. The Morgan fingerprint density at radius 2 is 2.14 bits per heavy atom. The van der Waals surface area contributed by atoms with Crippen LogP contribution < -0.4 is 21.6 Å². The molecule has 0 atom stereocenters. The van der Waals surface area contributed by atoms with Crippen molar-refractivity contribution < 1.29 is 9.53 Å². The molecule has 1 aromatic carbocycles. The van der Waals surface area contributed by atoms with Crippen LogP contribution >= 0.6 is 0 Å². The van der Waals surface area contributed by atoms with Gasteiger partial charge in [0.25, 0.3) is 11.5 Å². The molecule has 1 aromatic heterocycles. The molecule has 0 spiro atoms. The van der Waals surface area contributed by atoms with Gasteiger partial charge in [-0.15, -0.1) is 0 Å². The van der Waals surface area contributed by atoms with Crippen LogP contribution in [0.1, 0.15) is 22.8 Å². The van der Waals surface area contributed by atoms with Gasteiger partial charge >= 0.3 is 0 Å². The summed E-state index contributed by atoms with van der Waals surface area (Å²) < 4.78 is 6.56. The Labute approximate surface area is 127 Å². The molecule has 0 aliphatic rings. The van der Waals surface area contributed by atoms with Crippen LogP contribution in [0.3, 0.4) is 0 Å². The third-order valence-corrected chi connectivity index (χ3v) is 3.28. The Morgan fingerprint density at radius 3 is 2.73 bits per heavy atom. The Hall–Kier alpha value is -2.67. The highest BCUT2D eigenvalue weighted by Gasteiger charge is 2.17. The van der Waals surface area contributed by atoms with Gasteiger partial charge in [-0.3, -0.25) is 15.0 Å². The molecule has 0 unspecified atom stereocenters. The van der Waals surface area contributed by atoms with E-state index in [1.807, 2.05) is 30.5 Å². The fourth-order valence-corrected chi connectivity index (χ4v) is 2.15. The Kier molecular flexibility index (Phi) is 4.57. The molecular weight excluding hydrogens is 284 g/mol. The number of nitrogen functional groups attached to an aromatic ring is 1. The molecule has 1 heterocycles. The molecule has 2 rings (SSSR count). The molecule has 0 saturated carbocycles. The van der Waals surface area contributed by atoms with E-state index in [0.29, 0.717) is 23.6 Å². The maximum Gasteiger partial charge on any atom is 0.279 e. The van der Waals surface area contributed by atoms with Crippen LogP contribution in [0.15, 0.2) is 29.1 Å². The predicted octanol–water partition coefficient (Wildman–Crippen LogP) is 0.851. The molecule has 0 aliphatic heterocycles. The number of nitrogens with zero attached hydrogens (tertiary/aromatic N) is 2. The zero-order chi connectivity index (χ0) is 16.3. The first-order valence-corrected chi connectivity index (χ1v) is 6.80. The number of methoxy groups -OCH3 is 1. The minimum Gasteiger partial charge on any atom is -0.496 e. The second-order valence-corrected chi connectivity index (χ2v) is 4.74. The number of hydrazine groups is 1. The van der Waals surface area contributed by atoms with E-state index in [2.05, 4.69) is 5.10 Å². The Morgan fingerprint density at radius 1 is 1.41 bits per heavy atom. The van der Waals surface area contributed by atoms with Gasteiger partial charge in [-0.2, -0.15) is 5.10 Å². The van der Waals surface area contributed by atoms with E-state index >= 15 is 0 Å². The number of hydrogen-bond acceptors (Lipinski definition) is 5. The molecule has 7 nitrogen and oxygen atoms in total. The van der Waals surface area contributed by atoms with Crippen molar-refractivity contribution in [3.63, 3.8) is 0 Å². The molecule has 22 heavy (non-hydrogen) atoms. The van der Waals surface area contributed by atoms with E-state index < -0.39 is 11.5 Å². The highest BCUT2D eigenvalue weighted by molar-refractivity contribution is 5.94. The van der Waals surface area contributed by atoms with Crippen LogP contribution in [-0.2, 0) is 6.54 Å². The lowest BCUT2D eigenvalue weighted by molar-refractivity contribution is 0.0951. The van der Waals surface area contributed by atoms with Gasteiger partial charge < -0.3 is 4.74 Å². The fraction of sp³-hybridized carbons (Fsp3) is 0.267. The lowest BCUT2D eigenvalue weighted by Crippen LogP contribution is -2.37. The zero-order valence-electron chi connectivity index (χ0n) is 12.7. The van der Waals surface area contributed by atoms with Crippen molar-refractivity contribution >= 4 is 5.91 Å². The number of ether oxygens (including phenoxy) is 1. The van der Waals surface area contributed by atoms with Crippen molar-refractivity contribution in [2.24, 2.45) is 5.84 Å². The number of amides is 1. The molecule has 1 amide bonds. The first-order chi connectivity index (χ1) is 10.5. The zero-order valence-corrected chi connectivity index (χ0v) is 12.7. The molecule has 116 valence electrons. The minimum atomic E-state index is -0.650. The van der Waals surface area contributed by atoms with Crippen LogP contribution in [0.4, 0.5) is 0 Å². The number of benzene rings is 1. The normalized spacial score (nSPS) is 10.4. The van der Waals surface area contributed by atoms with E-state index in [0.717, 1.165) is 5.56 Å². The maximum absolute atomic E-state index is 12.2. The van der Waals surface area contributed by atoms with E-state index in [-0.39, 0.29) is 5.56 Å². The lowest BCUT2D eigenvalue weighted by Gasteiger charge is -2.12. The summed E-state index contributed by atoms with van der Waals surface area (Å²) in [4.78, 5) is 24.0. The van der Waals surface area contributed by atoms with Crippen molar-refractivity contribution in [2.75, 3.05) is 7.11 Å². The number of nitrogens with one attached hydrogen (secondary N) is 1. The van der Waals surface area contributed by atoms with Crippen molar-refractivity contribution in [2.45, 2.75) is 20.4 Å². The van der Waals surface area contributed by atoms with E-state index in [1.54, 1.807) is 14.0 Å². The molecule has 0 bridgehead atoms. The van der Waals surface area contributed by atoms with Crippen molar-refractivity contribution in [1.82, 2.24) is 15.2 Å². The number of carbonyl (C=O) groups is 1. The standard InChI is InChI=1S/C15H18N4O3/c1-4-19-15(21)11(14(20)17-16)8-12(18-19)10-7-9(2)5-6-13(10)22-3/h5-8H,4,16H2,1-3H3,(H,17,20). The summed E-state index contributed by atoms with van der Waals surface area (Å²) >= 11 is 0. The van der Waals surface area contributed by atoms with E-state index in [1.165, 1.54) is 10.7 Å². The van der Waals surface area contributed by atoms with Gasteiger partial charge in [-0.25, -0.2) is 10.5 Å². The summed E-state index contributed by atoms with van der Waals surface area (Å²) in [5, 5.41) is 4.29. The third kappa shape index (κ3) is 2.84. The summed E-state index contributed by atoms with van der Waals surface area (Å²) in [6, 6.07) is 7.03. The van der Waals surface area contributed by atoms with Gasteiger partial charge in [0.2, 0.25) is 0 Å². The molecule has 0 saturated heterocycles. The van der Waals surface area contributed by atoms with Gasteiger partial charge in [-0.05, 0) is 32.0 Å². The van der Waals surface area contributed by atoms with Gasteiger partial charge in [0, 0.05) is 12.1 Å². The molecule has 3 N–H and O–H groups in total. The second kappa shape index (κ2) is 6.40. The number of hydrogen-bond donors (Lipinski definition) is 2. The number of aryl methyl sites for hydroxylation is 2. The van der Waals surface area contributed by atoms with Crippen LogP contribution in [0.5, 0.6) is 5.75 Å². The quantitative estimate of drug-likeness (QED) is 0.495. The smallest absolute Gasteiger partial charge is 0.279 e. The molecule has 2 aromatic rings. The van der Waals surface area contributed by atoms with Gasteiger partial charge in [0.05, 0.1) is 12.8 Å². The SMILES string of the molecule is CCn1nc(-c2cc(C)ccc2OC)cc(C(=O)NN)c1=O. The minimum absolute atomic E-state index is 0.0575. The van der Waals surface area contributed by atoms with Crippen molar-refractivity contribution in [3.8, 4) is 17.0 Å². The average molecular weight is 302 g/mol. The van der Waals surface area contributed by atoms with Crippen LogP contribution in [0.25, 0.3) is 11.3 Å². The Bertz CT molecular complexity index is 768. The Balaban J connectivity index is 2.73. The topological polar surface area (TPSA) is 99.2 Å². The maximum atomic E-state index is 12.2. The summed E-state index contributed by atoms with van der Waals surface area (Å²) in [5.74, 6) is 5.10. The molecule has 7 heteroatoms. The molecule has 0 radical (unpaired) electrons. The highest BCUT2D eigenvalue weighted by Crippen LogP contribution is 2.29. The number of aromatic nitrogens is 2. The first kappa shape index (κ1) is 15.7. The van der Waals surface area contributed by atoms with Crippen molar-refractivity contribution in [3.05, 3.63) is 45.7 Å². The van der Waals surface area contributed by atoms with Gasteiger partial charge in [0.15, 0.2) is 0 Å². The van der Waals surface area contributed by atoms with Crippen LogP contribution in [0, 0.1) is 6.92 Å². The van der Waals surface area contributed by atoms with Crippen LogP contribution in [0.2, 0.25) is 0 Å². The summed E-state index contributed by atoms with van der Waals surface area (Å²) in [6.45, 7) is 4.05. The predicted molar refractivity (Wildman–Crippen MR) is 82.5 cm³/mol. The molecule has 0 aliphatic carbocycles. The first-order valence-electron chi connectivity index (χ1n) is 6.80. The highest BCUT2D eigenvalue weighted by atomic mass is 16.5. The van der Waals surface area contributed by atoms with E-state index in [9.17, 15) is 9.59 Å². The van der Waals surface area contributed by atoms with Gasteiger partial charge in [0.1, 0.15) is 11.3 Å². The number of carbonyl (C=O) groups excluding carboxylic acids is 1. The largest absolute Gasteiger partial charge is 0.496 e. The average Bonchev–Trinajstić information content (AvgIpc) is 2.54. The van der Waals surface area contributed by atoms with Gasteiger partial charge in [-0.1, -0.05) is 11.6 Å². The molecular formula is C15H18N4O3. The second-order valence-electron chi connectivity index (χ2n) is 4.74. The number of nitrogens with two attached hydrogens (primary N) is 1. The van der Waals surface area contributed by atoms with Crippen LogP contribution in [-0.4, -0.2) is 22.8 Å². The number of rotatable bonds is 4. The molecule has 0 fully saturated rings. The third-order valence-electron chi connectivity index (χ3n) is 3.28. The lowest BCUT2D eigenvalue weighted by atomic mass is 10.1. The summed E-state index contributed by atoms with van der Waals surface area (Å²) in [6.07, 6.45) is 0. The fourth-order valence-electron chi connectivity index (χ4n) is 2.15. The summed E-state index contributed by atoms with van der Waals surface area (Å²) in [7, 11) is 1.55.